The molecule has 4 rings (SSSR count). The van der Waals surface area contributed by atoms with Crippen molar-refractivity contribution in [2.24, 2.45) is 5.92 Å². The number of benzene rings is 1. The third-order valence-corrected chi connectivity index (χ3v) is 5.21. The maximum atomic E-state index is 12.6. The van der Waals surface area contributed by atoms with E-state index >= 15 is 0 Å². The largest absolute Gasteiger partial charge is 0.379 e. The van der Waals surface area contributed by atoms with Crippen molar-refractivity contribution < 1.29 is 14.3 Å². The highest BCUT2D eigenvalue weighted by molar-refractivity contribution is 5.93. The molecule has 138 valence electrons. The molecule has 0 unspecified atom stereocenters. The van der Waals surface area contributed by atoms with Gasteiger partial charge in [0.25, 0.3) is 11.5 Å². The number of H-pyrrole nitrogens is 1. The number of nitrogens with one attached hydrogen (secondary N) is 2. The van der Waals surface area contributed by atoms with Gasteiger partial charge < -0.3 is 19.8 Å². The SMILES string of the molecule is O=C(N[C@H]1CCOC[C@@H]1OCC1CCC1)c1nc2ccccc2[nH]c1=O. The highest BCUT2D eigenvalue weighted by Crippen LogP contribution is 2.27. The smallest absolute Gasteiger partial charge is 0.280 e. The molecule has 1 aliphatic heterocycles. The lowest BCUT2D eigenvalue weighted by Crippen LogP contribution is -2.51. The molecule has 0 radical (unpaired) electrons. The van der Waals surface area contributed by atoms with Crippen molar-refractivity contribution in [3.63, 3.8) is 0 Å². The second-order valence-corrected chi connectivity index (χ2v) is 7.04. The van der Waals surface area contributed by atoms with Crippen molar-refractivity contribution in [3.8, 4) is 0 Å². The summed E-state index contributed by atoms with van der Waals surface area (Å²) in [4.78, 5) is 31.8. The second kappa shape index (κ2) is 7.55. The normalized spacial score (nSPS) is 23.5. The molecule has 1 saturated heterocycles. The zero-order chi connectivity index (χ0) is 17.9. The summed E-state index contributed by atoms with van der Waals surface area (Å²) in [6, 6.07) is 6.98. The van der Waals surface area contributed by atoms with Gasteiger partial charge in [-0.25, -0.2) is 4.98 Å². The Morgan fingerprint density at radius 1 is 1.31 bits per heavy atom. The lowest BCUT2D eigenvalue weighted by molar-refractivity contribution is -0.0819. The van der Waals surface area contributed by atoms with Crippen LogP contribution < -0.4 is 10.9 Å². The summed E-state index contributed by atoms with van der Waals surface area (Å²) in [6.45, 7) is 1.73. The molecule has 0 bridgehead atoms. The summed E-state index contributed by atoms with van der Waals surface area (Å²) in [5, 5.41) is 2.92. The molecule has 1 aromatic heterocycles. The Balaban J connectivity index is 1.46. The van der Waals surface area contributed by atoms with Gasteiger partial charge in [-0.1, -0.05) is 18.6 Å². The minimum Gasteiger partial charge on any atom is -0.379 e. The molecule has 2 atom stereocenters. The van der Waals surface area contributed by atoms with Crippen molar-refractivity contribution in [2.75, 3.05) is 19.8 Å². The Labute approximate surface area is 151 Å². The Morgan fingerprint density at radius 3 is 2.96 bits per heavy atom. The van der Waals surface area contributed by atoms with E-state index in [0.29, 0.717) is 43.2 Å². The maximum absolute atomic E-state index is 12.6. The van der Waals surface area contributed by atoms with Crippen molar-refractivity contribution in [3.05, 3.63) is 40.3 Å². The second-order valence-electron chi connectivity index (χ2n) is 7.04. The lowest BCUT2D eigenvalue weighted by atomic mass is 9.86. The summed E-state index contributed by atoms with van der Waals surface area (Å²) < 4.78 is 11.5. The van der Waals surface area contributed by atoms with Crippen LogP contribution in [0.3, 0.4) is 0 Å². The van der Waals surface area contributed by atoms with Crippen LogP contribution in [-0.2, 0) is 9.47 Å². The van der Waals surface area contributed by atoms with Crippen LogP contribution in [0.4, 0.5) is 0 Å². The quantitative estimate of drug-likeness (QED) is 0.848. The number of carbonyl (C=O) groups is 1. The highest BCUT2D eigenvalue weighted by Gasteiger charge is 2.30. The first kappa shape index (κ1) is 17.2. The summed E-state index contributed by atoms with van der Waals surface area (Å²) in [6.07, 6.45) is 4.16. The first-order valence-corrected chi connectivity index (χ1v) is 9.20. The van der Waals surface area contributed by atoms with E-state index in [1.165, 1.54) is 19.3 Å². The minimum absolute atomic E-state index is 0.118. The molecular weight excluding hydrogens is 334 g/mol. The van der Waals surface area contributed by atoms with Crippen LogP contribution in [0.25, 0.3) is 11.0 Å². The van der Waals surface area contributed by atoms with Crippen LogP contribution in [0.5, 0.6) is 0 Å². The molecule has 0 spiro atoms. The third kappa shape index (κ3) is 3.64. The zero-order valence-electron chi connectivity index (χ0n) is 14.6. The van der Waals surface area contributed by atoms with E-state index in [1.807, 2.05) is 12.1 Å². The minimum atomic E-state index is -0.486. The molecule has 2 N–H and O–H groups in total. The summed E-state index contributed by atoms with van der Waals surface area (Å²) in [7, 11) is 0. The fourth-order valence-corrected chi connectivity index (χ4v) is 3.38. The molecule has 7 heteroatoms. The third-order valence-electron chi connectivity index (χ3n) is 5.21. The standard InChI is InChI=1S/C19H23N3O4/c23-18-17(20-13-6-1-2-7-14(13)21-18)19(24)22-15-8-9-25-11-16(15)26-10-12-4-3-5-12/h1-2,6-7,12,15-16H,3-5,8-11H2,(H,21,23)(H,22,24)/t15-,16-/m0/s1. The number of nitrogens with zero attached hydrogens (tertiary/aromatic N) is 1. The van der Waals surface area contributed by atoms with E-state index in [9.17, 15) is 9.59 Å². The van der Waals surface area contributed by atoms with Crippen molar-refractivity contribution >= 4 is 16.9 Å². The lowest BCUT2D eigenvalue weighted by Gasteiger charge is -2.34. The predicted molar refractivity (Wildman–Crippen MR) is 96.1 cm³/mol. The van der Waals surface area contributed by atoms with Crippen molar-refractivity contribution in [1.82, 2.24) is 15.3 Å². The highest BCUT2D eigenvalue weighted by atomic mass is 16.5. The first-order valence-electron chi connectivity index (χ1n) is 9.20. The number of hydrogen-bond donors (Lipinski definition) is 2. The molecule has 1 saturated carbocycles. The van der Waals surface area contributed by atoms with Crippen LogP contribution in [0, 0.1) is 5.92 Å². The molecule has 26 heavy (non-hydrogen) atoms. The van der Waals surface area contributed by atoms with Crippen LogP contribution in [0.1, 0.15) is 36.2 Å². The molecule has 2 heterocycles. The molecule has 1 amide bonds. The number of fused-ring (bicyclic) bond motifs is 1. The number of hydrogen-bond acceptors (Lipinski definition) is 5. The van der Waals surface area contributed by atoms with Crippen molar-refractivity contribution in [2.45, 2.75) is 37.8 Å². The molecule has 2 aliphatic rings. The molecule has 7 nitrogen and oxygen atoms in total. The maximum Gasteiger partial charge on any atom is 0.280 e. The number of carbonyl (C=O) groups excluding carboxylic acids is 1. The van der Waals surface area contributed by atoms with Gasteiger partial charge in [-0.2, -0.15) is 0 Å². The first-order chi connectivity index (χ1) is 12.7. The van der Waals surface area contributed by atoms with E-state index < -0.39 is 11.5 Å². The molecule has 2 fully saturated rings. The number of amides is 1. The number of ether oxygens (including phenoxy) is 2. The number of aromatic amines is 1. The average Bonchev–Trinajstić information content (AvgIpc) is 2.61. The Bertz CT molecular complexity index is 846. The van der Waals surface area contributed by atoms with Gasteiger partial charge in [0, 0.05) is 13.2 Å². The predicted octanol–water partition coefficient (Wildman–Crippen LogP) is 1.63. The van der Waals surface area contributed by atoms with Gasteiger partial charge in [-0.15, -0.1) is 0 Å². The van der Waals surface area contributed by atoms with E-state index in [0.717, 1.165) is 0 Å². The van der Waals surface area contributed by atoms with E-state index in [2.05, 4.69) is 15.3 Å². The molecule has 1 aromatic carbocycles. The number of aromatic nitrogens is 2. The molecule has 1 aliphatic carbocycles. The van der Waals surface area contributed by atoms with Crippen LogP contribution >= 0.6 is 0 Å². The van der Waals surface area contributed by atoms with Gasteiger partial charge in [0.15, 0.2) is 5.69 Å². The van der Waals surface area contributed by atoms with E-state index in [4.69, 9.17) is 9.47 Å². The van der Waals surface area contributed by atoms with E-state index in [-0.39, 0.29) is 17.8 Å². The molecular formula is C19H23N3O4. The van der Waals surface area contributed by atoms with E-state index in [1.54, 1.807) is 12.1 Å². The zero-order valence-corrected chi connectivity index (χ0v) is 14.6. The number of para-hydroxylation sites is 2. The monoisotopic (exact) mass is 357 g/mol. The summed E-state index contributed by atoms with van der Waals surface area (Å²) in [5.41, 5.74) is 0.594. The van der Waals surface area contributed by atoms with Gasteiger partial charge in [0.05, 0.1) is 23.7 Å². The summed E-state index contributed by atoms with van der Waals surface area (Å²) >= 11 is 0. The fourth-order valence-electron chi connectivity index (χ4n) is 3.38. The van der Waals surface area contributed by atoms with Gasteiger partial charge in [-0.3, -0.25) is 9.59 Å². The Hall–Kier alpha value is -2.25. The fraction of sp³-hybridized carbons (Fsp3) is 0.526. The topological polar surface area (TPSA) is 93.3 Å². The van der Waals surface area contributed by atoms with Gasteiger partial charge in [-0.05, 0) is 37.3 Å². The number of rotatable bonds is 5. The van der Waals surface area contributed by atoms with Crippen LogP contribution in [0.15, 0.2) is 29.1 Å². The molecule has 2 aromatic rings. The average molecular weight is 357 g/mol. The van der Waals surface area contributed by atoms with Gasteiger partial charge in [0.2, 0.25) is 0 Å². The van der Waals surface area contributed by atoms with Gasteiger partial charge in [0.1, 0.15) is 6.10 Å². The van der Waals surface area contributed by atoms with Gasteiger partial charge >= 0.3 is 0 Å². The van der Waals surface area contributed by atoms with Crippen LogP contribution in [0.2, 0.25) is 0 Å². The van der Waals surface area contributed by atoms with Crippen LogP contribution in [-0.4, -0.2) is 47.8 Å². The Kier molecular flexibility index (Phi) is 4.99. The van der Waals surface area contributed by atoms with Crippen molar-refractivity contribution in [1.29, 1.82) is 0 Å². The summed E-state index contributed by atoms with van der Waals surface area (Å²) in [5.74, 6) is 0.152. The Morgan fingerprint density at radius 2 is 2.15 bits per heavy atom.